The predicted molar refractivity (Wildman–Crippen MR) is 50.3 cm³/mol. The molecule has 0 fully saturated rings. The Morgan fingerprint density at radius 3 is 3.00 bits per heavy atom. The molecule has 0 spiro atoms. The molecule has 1 rings (SSSR count). The van der Waals surface area contributed by atoms with E-state index in [4.69, 9.17) is 0 Å². The number of rotatable bonds is 4. The van der Waals surface area contributed by atoms with E-state index in [-0.39, 0.29) is 5.92 Å². The zero-order valence-corrected chi connectivity index (χ0v) is 8.23. The average Bonchev–Trinajstić information content (AvgIpc) is 2.55. The highest BCUT2D eigenvalue weighted by Gasteiger charge is 2.11. The summed E-state index contributed by atoms with van der Waals surface area (Å²) in [7, 11) is 0. The van der Waals surface area contributed by atoms with Crippen molar-refractivity contribution in [1.82, 2.24) is 4.98 Å². The van der Waals surface area contributed by atoms with Gasteiger partial charge in [0.15, 0.2) is 0 Å². The maximum Gasteiger partial charge on any atom is 0.140 e. The molecule has 0 aliphatic carbocycles. The SMILES string of the molecule is CCC(C)C(=O)Cc1cncs1. The largest absolute Gasteiger partial charge is 0.299 e. The summed E-state index contributed by atoms with van der Waals surface area (Å²) in [4.78, 5) is 16.4. The van der Waals surface area contributed by atoms with Crippen LogP contribution in [0.25, 0.3) is 0 Å². The zero-order chi connectivity index (χ0) is 8.97. The lowest BCUT2D eigenvalue weighted by atomic mass is 10.0. The van der Waals surface area contributed by atoms with Gasteiger partial charge in [-0.3, -0.25) is 9.78 Å². The summed E-state index contributed by atoms with van der Waals surface area (Å²) in [6.07, 6.45) is 3.25. The summed E-state index contributed by atoms with van der Waals surface area (Å²) in [5.74, 6) is 0.508. The summed E-state index contributed by atoms with van der Waals surface area (Å²) in [5, 5.41) is 0. The normalized spacial score (nSPS) is 12.8. The second-order valence-corrected chi connectivity index (χ2v) is 3.89. The third kappa shape index (κ3) is 2.41. The molecule has 66 valence electrons. The van der Waals surface area contributed by atoms with E-state index >= 15 is 0 Å². The molecular formula is C9H13NOS. The third-order valence-electron chi connectivity index (χ3n) is 1.99. The van der Waals surface area contributed by atoms with Gasteiger partial charge in [-0.25, -0.2) is 0 Å². The highest BCUT2D eigenvalue weighted by Crippen LogP contribution is 2.11. The summed E-state index contributed by atoms with van der Waals surface area (Å²) >= 11 is 1.55. The second kappa shape index (κ2) is 4.36. The number of hydrogen-bond acceptors (Lipinski definition) is 3. The molecule has 1 unspecified atom stereocenters. The molecular weight excluding hydrogens is 170 g/mol. The number of thiazole rings is 1. The second-order valence-electron chi connectivity index (χ2n) is 2.92. The molecule has 0 aliphatic heterocycles. The molecule has 1 heterocycles. The minimum absolute atomic E-state index is 0.187. The molecule has 2 nitrogen and oxygen atoms in total. The lowest BCUT2D eigenvalue weighted by molar-refractivity contribution is -0.121. The molecule has 0 N–H and O–H groups in total. The van der Waals surface area contributed by atoms with Crippen molar-refractivity contribution >= 4 is 17.1 Å². The molecule has 0 amide bonds. The van der Waals surface area contributed by atoms with Gasteiger partial charge in [0.2, 0.25) is 0 Å². The predicted octanol–water partition coefficient (Wildman–Crippen LogP) is 2.30. The third-order valence-corrected chi connectivity index (χ3v) is 2.77. The van der Waals surface area contributed by atoms with Crippen molar-refractivity contribution in [2.45, 2.75) is 26.7 Å². The first-order valence-corrected chi connectivity index (χ1v) is 5.02. The first-order valence-electron chi connectivity index (χ1n) is 4.14. The van der Waals surface area contributed by atoms with Gasteiger partial charge in [0.05, 0.1) is 5.51 Å². The Morgan fingerprint density at radius 2 is 2.50 bits per heavy atom. The van der Waals surface area contributed by atoms with Crippen LogP contribution in [0.15, 0.2) is 11.7 Å². The van der Waals surface area contributed by atoms with Crippen molar-refractivity contribution in [2.24, 2.45) is 5.92 Å². The fourth-order valence-electron chi connectivity index (χ4n) is 0.903. The van der Waals surface area contributed by atoms with E-state index in [1.54, 1.807) is 23.0 Å². The molecule has 1 aromatic heterocycles. The van der Waals surface area contributed by atoms with Crippen molar-refractivity contribution in [2.75, 3.05) is 0 Å². The van der Waals surface area contributed by atoms with E-state index < -0.39 is 0 Å². The smallest absolute Gasteiger partial charge is 0.140 e. The van der Waals surface area contributed by atoms with E-state index in [1.807, 2.05) is 13.8 Å². The van der Waals surface area contributed by atoms with Crippen LogP contribution in [-0.2, 0) is 11.2 Å². The molecule has 0 saturated carbocycles. The van der Waals surface area contributed by atoms with Gasteiger partial charge < -0.3 is 0 Å². The van der Waals surface area contributed by atoms with Gasteiger partial charge in [0, 0.05) is 23.4 Å². The van der Waals surface area contributed by atoms with Crippen molar-refractivity contribution in [3.05, 3.63) is 16.6 Å². The van der Waals surface area contributed by atoms with Crippen LogP contribution in [-0.4, -0.2) is 10.8 Å². The minimum Gasteiger partial charge on any atom is -0.299 e. The van der Waals surface area contributed by atoms with Crippen molar-refractivity contribution in [1.29, 1.82) is 0 Å². The van der Waals surface area contributed by atoms with Crippen LogP contribution in [0.5, 0.6) is 0 Å². The van der Waals surface area contributed by atoms with Gasteiger partial charge >= 0.3 is 0 Å². The Kier molecular flexibility index (Phi) is 3.41. The first-order chi connectivity index (χ1) is 5.74. The maximum absolute atomic E-state index is 11.4. The summed E-state index contributed by atoms with van der Waals surface area (Å²) in [6, 6.07) is 0. The van der Waals surface area contributed by atoms with Gasteiger partial charge in [-0.1, -0.05) is 13.8 Å². The van der Waals surface area contributed by atoms with Gasteiger partial charge in [0.1, 0.15) is 5.78 Å². The number of Topliss-reactive ketones (excluding diaryl/α,β-unsaturated/α-hetero) is 1. The maximum atomic E-state index is 11.4. The summed E-state index contributed by atoms with van der Waals surface area (Å²) < 4.78 is 0. The van der Waals surface area contributed by atoms with Crippen LogP contribution >= 0.6 is 11.3 Å². The Balaban J connectivity index is 2.47. The molecule has 1 aromatic rings. The molecule has 0 aromatic carbocycles. The van der Waals surface area contributed by atoms with Crippen molar-refractivity contribution < 1.29 is 4.79 Å². The van der Waals surface area contributed by atoms with Crippen LogP contribution < -0.4 is 0 Å². The fraction of sp³-hybridized carbons (Fsp3) is 0.556. The lowest BCUT2D eigenvalue weighted by Crippen LogP contribution is -2.11. The molecule has 0 radical (unpaired) electrons. The van der Waals surface area contributed by atoms with Crippen LogP contribution in [0.4, 0.5) is 0 Å². The lowest BCUT2D eigenvalue weighted by Gasteiger charge is -2.04. The first kappa shape index (κ1) is 9.39. The Morgan fingerprint density at radius 1 is 1.75 bits per heavy atom. The number of nitrogens with zero attached hydrogens (tertiary/aromatic N) is 1. The number of aromatic nitrogens is 1. The fourth-order valence-corrected chi connectivity index (χ4v) is 1.51. The van der Waals surface area contributed by atoms with Gasteiger partial charge in [-0.15, -0.1) is 11.3 Å². The molecule has 1 atom stereocenters. The van der Waals surface area contributed by atoms with Crippen LogP contribution in [0.1, 0.15) is 25.1 Å². The van der Waals surface area contributed by atoms with Crippen molar-refractivity contribution in [3.8, 4) is 0 Å². The Bertz CT molecular complexity index is 243. The highest BCUT2D eigenvalue weighted by molar-refractivity contribution is 7.09. The van der Waals surface area contributed by atoms with E-state index in [9.17, 15) is 4.79 Å². The van der Waals surface area contributed by atoms with E-state index in [1.165, 1.54) is 0 Å². The summed E-state index contributed by atoms with van der Waals surface area (Å²) in [6.45, 7) is 4.01. The monoisotopic (exact) mass is 183 g/mol. The number of carbonyl (C=O) groups is 1. The van der Waals surface area contributed by atoms with E-state index in [0.717, 1.165) is 11.3 Å². The molecule has 3 heteroatoms. The summed E-state index contributed by atoms with van der Waals surface area (Å²) in [5.41, 5.74) is 1.76. The number of carbonyl (C=O) groups excluding carboxylic acids is 1. The van der Waals surface area contributed by atoms with E-state index in [0.29, 0.717) is 12.2 Å². The minimum atomic E-state index is 0.187. The van der Waals surface area contributed by atoms with Crippen molar-refractivity contribution in [3.63, 3.8) is 0 Å². The highest BCUT2D eigenvalue weighted by atomic mass is 32.1. The number of ketones is 1. The van der Waals surface area contributed by atoms with Gasteiger partial charge in [-0.05, 0) is 6.42 Å². The van der Waals surface area contributed by atoms with Gasteiger partial charge in [0.25, 0.3) is 0 Å². The van der Waals surface area contributed by atoms with Crippen LogP contribution in [0.3, 0.4) is 0 Å². The number of hydrogen-bond donors (Lipinski definition) is 0. The Hall–Kier alpha value is -0.700. The Labute approximate surface area is 76.6 Å². The quantitative estimate of drug-likeness (QED) is 0.717. The standard InChI is InChI=1S/C9H13NOS/c1-3-7(2)9(11)4-8-5-10-6-12-8/h5-7H,3-4H2,1-2H3. The molecule has 0 bridgehead atoms. The molecule has 0 saturated heterocycles. The zero-order valence-electron chi connectivity index (χ0n) is 7.41. The molecule has 12 heavy (non-hydrogen) atoms. The average molecular weight is 183 g/mol. The van der Waals surface area contributed by atoms with Crippen LogP contribution in [0, 0.1) is 5.92 Å². The van der Waals surface area contributed by atoms with Gasteiger partial charge in [-0.2, -0.15) is 0 Å². The topological polar surface area (TPSA) is 30.0 Å². The van der Waals surface area contributed by atoms with Crippen LogP contribution in [0.2, 0.25) is 0 Å². The van der Waals surface area contributed by atoms with E-state index in [2.05, 4.69) is 4.98 Å². The molecule has 0 aliphatic rings.